The molecule has 0 saturated carbocycles. The van der Waals surface area contributed by atoms with Gasteiger partial charge in [-0.2, -0.15) is 0 Å². The van der Waals surface area contributed by atoms with Crippen LogP contribution in [0.3, 0.4) is 0 Å². The van der Waals surface area contributed by atoms with Crippen molar-refractivity contribution >= 4 is 40.7 Å². The molecule has 1 spiro atoms. The first kappa shape index (κ1) is 22.6. The van der Waals surface area contributed by atoms with Crippen molar-refractivity contribution in [3.63, 3.8) is 0 Å². The van der Waals surface area contributed by atoms with Gasteiger partial charge in [0.25, 0.3) is 0 Å². The van der Waals surface area contributed by atoms with Crippen molar-refractivity contribution < 1.29 is 28.3 Å². The number of anilines is 2. The normalized spacial score (nSPS) is 26.5. The van der Waals surface area contributed by atoms with E-state index < -0.39 is 52.8 Å². The number of aromatic hydroxyl groups is 1. The zero-order valence-electron chi connectivity index (χ0n) is 18.5. The third-order valence-electron chi connectivity index (χ3n) is 7.23. The maximum absolute atomic E-state index is 14.3. The highest BCUT2D eigenvalue weighted by atomic mass is 35.5. The number of amides is 3. The average Bonchev–Trinajstić information content (AvgIpc) is 3.42. The number of benzene rings is 3. The smallest absolute Gasteiger partial charge is 0.250 e. The largest absolute Gasteiger partial charge is 0.508 e. The molecule has 0 unspecified atom stereocenters. The van der Waals surface area contributed by atoms with Gasteiger partial charge in [0.1, 0.15) is 22.9 Å². The summed E-state index contributed by atoms with van der Waals surface area (Å²) < 4.78 is 28.1. The SMILES string of the molecule is O=C1[C@@H]2[C@H](Cc3ccc(O)cc3)N[C@]3(C(=O)Nc4ccc(F)cc43)[C@@H]2C(=O)N1c1ccc(F)c(Cl)c1. The minimum atomic E-state index is -1.69. The topological polar surface area (TPSA) is 98.7 Å². The van der Waals surface area contributed by atoms with Gasteiger partial charge in [0, 0.05) is 17.3 Å². The quantitative estimate of drug-likeness (QED) is 0.470. The molecule has 3 aromatic rings. The van der Waals surface area contributed by atoms with E-state index in [0.717, 1.165) is 16.5 Å². The van der Waals surface area contributed by atoms with E-state index in [0.29, 0.717) is 5.69 Å². The fourth-order valence-corrected chi connectivity index (χ4v) is 5.89. The van der Waals surface area contributed by atoms with Crippen molar-refractivity contribution in [3.05, 3.63) is 88.4 Å². The molecule has 0 bridgehead atoms. The molecule has 6 rings (SSSR count). The Morgan fingerprint density at radius 1 is 0.972 bits per heavy atom. The first-order valence-electron chi connectivity index (χ1n) is 11.2. The van der Waals surface area contributed by atoms with Gasteiger partial charge in [-0.15, -0.1) is 0 Å². The van der Waals surface area contributed by atoms with Crippen molar-refractivity contribution in [3.8, 4) is 5.75 Å². The number of carbonyl (C=O) groups is 3. The lowest BCUT2D eigenvalue weighted by atomic mass is 9.76. The van der Waals surface area contributed by atoms with Crippen molar-refractivity contribution in [2.75, 3.05) is 10.2 Å². The third kappa shape index (κ3) is 3.09. The first-order valence-corrected chi connectivity index (χ1v) is 11.6. The predicted molar refractivity (Wildman–Crippen MR) is 126 cm³/mol. The van der Waals surface area contributed by atoms with E-state index in [4.69, 9.17) is 11.6 Å². The highest BCUT2D eigenvalue weighted by Gasteiger charge is 2.70. The molecule has 36 heavy (non-hydrogen) atoms. The molecular weight excluding hydrogens is 492 g/mol. The zero-order valence-corrected chi connectivity index (χ0v) is 19.2. The molecule has 3 aliphatic rings. The van der Waals surface area contributed by atoms with E-state index in [1.165, 1.54) is 42.5 Å². The highest BCUT2D eigenvalue weighted by molar-refractivity contribution is 6.32. The van der Waals surface area contributed by atoms with Gasteiger partial charge in [-0.25, -0.2) is 13.7 Å². The van der Waals surface area contributed by atoms with Gasteiger partial charge in [-0.1, -0.05) is 23.7 Å². The monoisotopic (exact) mass is 509 g/mol. The number of nitrogens with one attached hydrogen (secondary N) is 2. The fraction of sp³-hybridized carbons (Fsp3) is 0.192. The summed E-state index contributed by atoms with van der Waals surface area (Å²) in [5.74, 6) is -5.19. The number of phenols is 1. The number of nitrogens with zero attached hydrogens (tertiary/aromatic N) is 1. The maximum Gasteiger partial charge on any atom is 0.250 e. The summed E-state index contributed by atoms with van der Waals surface area (Å²) in [5.41, 5.74) is -0.253. The number of phenolic OH excluding ortho intramolecular Hbond substituents is 1. The average molecular weight is 510 g/mol. The Kier molecular flexibility index (Phi) is 4.93. The minimum Gasteiger partial charge on any atom is -0.508 e. The Morgan fingerprint density at radius 2 is 1.72 bits per heavy atom. The lowest BCUT2D eigenvalue weighted by Crippen LogP contribution is -2.53. The summed E-state index contributed by atoms with van der Waals surface area (Å²) in [6.45, 7) is 0. The van der Waals surface area contributed by atoms with Crippen LogP contribution >= 0.6 is 11.6 Å². The molecule has 182 valence electrons. The van der Waals surface area contributed by atoms with Crippen molar-refractivity contribution in [1.82, 2.24) is 5.32 Å². The van der Waals surface area contributed by atoms with Gasteiger partial charge in [0.05, 0.1) is 22.5 Å². The van der Waals surface area contributed by atoms with Crippen LogP contribution in [-0.4, -0.2) is 28.9 Å². The Balaban J connectivity index is 1.50. The molecule has 4 atom stereocenters. The number of carbonyl (C=O) groups excluding carboxylic acids is 3. The van der Waals surface area contributed by atoms with Crippen molar-refractivity contribution in [2.24, 2.45) is 11.8 Å². The summed E-state index contributed by atoms with van der Waals surface area (Å²) in [6.07, 6.45) is 0.248. The third-order valence-corrected chi connectivity index (χ3v) is 7.52. The van der Waals surface area contributed by atoms with Gasteiger partial charge >= 0.3 is 0 Å². The fourth-order valence-electron chi connectivity index (χ4n) is 5.71. The summed E-state index contributed by atoms with van der Waals surface area (Å²) in [4.78, 5) is 42.0. The van der Waals surface area contributed by atoms with E-state index in [9.17, 15) is 28.3 Å². The van der Waals surface area contributed by atoms with Crippen LogP contribution in [0, 0.1) is 23.5 Å². The van der Waals surface area contributed by atoms with Crippen LogP contribution in [-0.2, 0) is 26.3 Å². The summed E-state index contributed by atoms with van der Waals surface area (Å²) in [6, 6.07) is 13.0. The summed E-state index contributed by atoms with van der Waals surface area (Å²) in [7, 11) is 0. The molecule has 0 aliphatic carbocycles. The van der Waals surface area contributed by atoms with E-state index in [1.54, 1.807) is 12.1 Å². The van der Waals surface area contributed by atoms with Gasteiger partial charge < -0.3 is 10.4 Å². The van der Waals surface area contributed by atoms with E-state index >= 15 is 0 Å². The van der Waals surface area contributed by atoms with E-state index in [1.807, 2.05) is 0 Å². The molecule has 2 saturated heterocycles. The van der Waals surface area contributed by atoms with Crippen LogP contribution in [0.5, 0.6) is 5.75 Å². The Morgan fingerprint density at radius 3 is 2.44 bits per heavy atom. The molecule has 10 heteroatoms. The molecule has 2 fully saturated rings. The number of imide groups is 1. The molecule has 3 N–H and O–H groups in total. The molecule has 0 aromatic heterocycles. The number of rotatable bonds is 3. The summed E-state index contributed by atoms with van der Waals surface area (Å²) >= 11 is 5.92. The maximum atomic E-state index is 14.3. The van der Waals surface area contributed by atoms with Crippen LogP contribution in [0.25, 0.3) is 0 Å². The molecule has 7 nitrogen and oxygen atoms in total. The molecular formula is C26H18ClF2N3O4. The second kappa shape index (κ2) is 7.84. The number of fused-ring (bicyclic) bond motifs is 4. The van der Waals surface area contributed by atoms with Gasteiger partial charge in [-0.05, 0) is 60.5 Å². The second-order valence-corrected chi connectivity index (χ2v) is 9.59. The van der Waals surface area contributed by atoms with Gasteiger partial charge in [0.15, 0.2) is 0 Å². The van der Waals surface area contributed by atoms with Crippen molar-refractivity contribution in [1.29, 1.82) is 0 Å². The highest BCUT2D eigenvalue weighted by Crippen LogP contribution is 2.54. The van der Waals surface area contributed by atoms with Crippen LogP contribution in [0.4, 0.5) is 20.2 Å². The van der Waals surface area contributed by atoms with Crippen LogP contribution in [0.2, 0.25) is 5.02 Å². The minimum absolute atomic E-state index is 0.0681. The molecule has 3 amide bonds. The molecule has 3 aromatic carbocycles. The summed E-state index contributed by atoms with van der Waals surface area (Å²) in [5, 5.41) is 15.3. The van der Waals surface area contributed by atoms with Crippen molar-refractivity contribution in [2.45, 2.75) is 18.0 Å². The standard InChI is InChI=1S/C26H18ClF2N3O4/c27-17-11-14(4-7-18(17)29)32-23(34)21-20(9-12-1-5-15(33)6-2-12)31-26(22(21)24(32)35)16-10-13(28)3-8-19(16)30-25(26)36/h1-8,10-11,20-22,31,33H,9H2,(H,30,36)/t20-,21+,22-,26-/m0/s1. The molecule has 0 radical (unpaired) electrons. The number of hydrogen-bond donors (Lipinski definition) is 3. The Hall–Kier alpha value is -3.82. The second-order valence-electron chi connectivity index (χ2n) is 9.19. The predicted octanol–water partition coefficient (Wildman–Crippen LogP) is 3.49. The molecule has 3 heterocycles. The Labute approximate surface area is 208 Å². The lowest BCUT2D eigenvalue weighted by molar-refractivity contribution is -0.130. The van der Waals surface area contributed by atoms with Crippen LogP contribution in [0.15, 0.2) is 60.7 Å². The van der Waals surface area contributed by atoms with Crippen LogP contribution < -0.4 is 15.5 Å². The van der Waals surface area contributed by atoms with E-state index in [-0.39, 0.29) is 28.4 Å². The lowest BCUT2D eigenvalue weighted by Gasteiger charge is -2.29. The van der Waals surface area contributed by atoms with E-state index in [2.05, 4.69) is 10.6 Å². The van der Waals surface area contributed by atoms with Crippen LogP contribution in [0.1, 0.15) is 11.1 Å². The molecule has 3 aliphatic heterocycles. The first-order chi connectivity index (χ1) is 17.2. The number of hydrogen-bond acceptors (Lipinski definition) is 5. The number of halogens is 3. The van der Waals surface area contributed by atoms with Gasteiger partial charge in [0.2, 0.25) is 17.7 Å². The Bertz CT molecular complexity index is 1460. The zero-order chi connectivity index (χ0) is 25.4. The van der Waals surface area contributed by atoms with Gasteiger partial charge in [-0.3, -0.25) is 19.7 Å².